The molecule has 1 unspecified atom stereocenters. The lowest BCUT2D eigenvalue weighted by atomic mass is 10.2. The Labute approximate surface area is 131 Å². The summed E-state index contributed by atoms with van der Waals surface area (Å²) in [4.78, 5) is 20.8. The monoisotopic (exact) mass is 310 g/mol. The molecule has 6 heteroatoms. The summed E-state index contributed by atoms with van der Waals surface area (Å²) >= 11 is 6.03. The average Bonchev–Trinajstić information content (AvgIpc) is 2.93. The largest absolute Gasteiger partial charge is 0.370 e. The summed E-state index contributed by atoms with van der Waals surface area (Å²) in [6, 6.07) is 3.86. The molecule has 116 valence electrons. The van der Waals surface area contributed by atoms with Gasteiger partial charge in [-0.3, -0.25) is 4.79 Å². The molecule has 21 heavy (non-hydrogen) atoms. The van der Waals surface area contributed by atoms with Crippen molar-refractivity contribution in [2.75, 3.05) is 39.0 Å². The SMILES string of the molecule is CCCNc1cc(C(=O)N2CCC(N(C)C)C2)cc(Cl)n1. The standard InChI is InChI=1S/C15H23ClN4O/c1-4-6-17-14-9-11(8-13(16)18-14)15(21)20-7-5-12(10-20)19(2)3/h8-9,12H,4-7,10H2,1-3H3,(H,17,18). The van der Waals surface area contributed by atoms with E-state index in [0.717, 1.165) is 32.5 Å². The number of aromatic nitrogens is 1. The number of likely N-dealkylation sites (tertiary alicyclic amines) is 1. The van der Waals surface area contributed by atoms with Crippen LogP contribution in [-0.4, -0.2) is 60.5 Å². The van der Waals surface area contributed by atoms with E-state index in [1.807, 2.05) is 4.90 Å². The second kappa shape index (κ2) is 7.09. The first-order chi connectivity index (χ1) is 10.0. The predicted molar refractivity (Wildman–Crippen MR) is 86.0 cm³/mol. The molecule has 1 aromatic heterocycles. The lowest BCUT2D eigenvalue weighted by molar-refractivity contribution is 0.0783. The molecule has 2 heterocycles. The summed E-state index contributed by atoms with van der Waals surface area (Å²) in [5.74, 6) is 0.694. The highest BCUT2D eigenvalue weighted by molar-refractivity contribution is 6.29. The Morgan fingerprint density at radius 1 is 1.52 bits per heavy atom. The maximum absolute atomic E-state index is 12.6. The van der Waals surface area contributed by atoms with E-state index in [1.165, 1.54) is 0 Å². The Hall–Kier alpha value is -1.33. The van der Waals surface area contributed by atoms with Crippen molar-refractivity contribution in [3.63, 3.8) is 0 Å². The number of hydrogen-bond donors (Lipinski definition) is 1. The molecule has 0 radical (unpaired) electrons. The third-order valence-electron chi connectivity index (χ3n) is 3.78. The summed E-state index contributed by atoms with van der Waals surface area (Å²) in [6.45, 7) is 4.45. The molecule has 1 aliphatic rings. The highest BCUT2D eigenvalue weighted by Crippen LogP contribution is 2.20. The van der Waals surface area contributed by atoms with Crippen molar-refractivity contribution in [3.8, 4) is 0 Å². The minimum absolute atomic E-state index is 0.0307. The van der Waals surface area contributed by atoms with Gasteiger partial charge < -0.3 is 15.1 Å². The number of amides is 1. The van der Waals surface area contributed by atoms with Crippen LogP contribution in [0.1, 0.15) is 30.1 Å². The van der Waals surface area contributed by atoms with Gasteiger partial charge in [-0.25, -0.2) is 4.98 Å². The van der Waals surface area contributed by atoms with Gasteiger partial charge in [-0.1, -0.05) is 18.5 Å². The molecule has 0 saturated carbocycles. The van der Waals surface area contributed by atoms with Crippen LogP contribution in [0.4, 0.5) is 5.82 Å². The highest BCUT2D eigenvalue weighted by atomic mass is 35.5. The van der Waals surface area contributed by atoms with Crippen LogP contribution in [0.25, 0.3) is 0 Å². The zero-order valence-corrected chi connectivity index (χ0v) is 13.7. The third-order valence-corrected chi connectivity index (χ3v) is 3.97. The molecule has 1 aliphatic heterocycles. The quantitative estimate of drug-likeness (QED) is 0.848. The van der Waals surface area contributed by atoms with Gasteiger partial charge in [-0.2, -0.15) is 0 Å². The lowest BCUT2D eigenvalue weighted by Gasteiger charge is -2.20. The molecule has 1 aromatic rings. The maximum atomic E-state index is 12.6. The lowest BCUT2D eigenvalue weighted by Crippen LogP contribution is -2.34. The van der Waals surface area contributed by atoms with E-state index in [4.69, 9.17) is 11.6 Å². The molecular weight excluding hydrogens is 288 g/mol. The molecule has 1 N–H and O–H groups in total. The van der Waals surface area contributed by atoms with Gasteiger partial charge in [0.25, 0.3) is 5.91 Å². The Bertz CT molecular complexity index is 506. The van der Waals surface area contributed by atoms with E-state index in [-0.39, 0.29) is 5.91 Å². The minimum atomic E-state index is 0.0307. The summed E-state index contributed by atoms with van der Waals surface area (Å²) in [5, 5.41) is 3.52. The number of pyridine rings is 1. The zero-order valence-electron chi connectivity index (χ0n) is 12.9. The average molecular weight is 311 g/mol. The first kappa shape index (κ1) is 16.0. The second-order valence-corrected chi connectivity index (χ2v) is 6.04. The second-order valence-electron chi connectivity index (χ2n) is 5.65. The summed E-state index contributed by atoms with van der Waals surface area (Å²) < 4.78 is 0. The van der Waals surface area contributed by atoms with E-state index < -0.39 is 0 Å². The number of nitrogens with zero attached hydrogens (tertiary/aromatic N) is 3. The van der Waals surface area contributed by atoms with Gasteiger partial charge >= 0.3 is 0 Å². The van der Waals surface area contributed by atoms with Crippen LogP contribution in [0.15, 0.2) is 12.1 Å². The van der Waals surface area contributed by atoms with E-state index in [0.29, 0.717) is 22.6 Å². The molecule has 0 bridgehead atoms. The van der Waals surface area contributed by atoms with Crippen molar-refractivity contribution in [2.45, 2.75) is 25.8 Å². The van der Waals surface area contributed by atoms with Crippen LogP contribution >= 0.6 is 11.6 Å². The summed E-state index contributed by atoms with van der Waals surface area (Å²) in [7, 11) is 4.10. The van der Waals surface area contributed by atoms with Crippen molar-refractivity contribution in [2.24, 2.45) is 0 Å². The molecule has 1 amide bonds. The summed E-state index contributed by atoms with van der Waals surface area (Å²) in [5.41, 5.74) is 0.605. The molecular formula is C15H23ClN4O. The Morgan fingerprint density at radius 2 is 2.29 bits per heavy atom. The number of rotatable bonds is 5. The summed E-state index contributed by atoms with van der Waals surface area (Å²) in [6.07, 6.45) is 2.01. The molecule has 1 atom stereocenters. The smallest absolute Gasteiger partial charge is 0.254 e. The van der Waals surface area contributed by atoms with E-state index in [2.05, 4.69) is 36.2 Å². The van der Waals surface area contributed by atoms with Gasteiger partial charge in [0.05, 0.1) is 0 Å². The number of hydrogen-bond acceptors (Lipinski definition) is 4. The number of anilines is 1. The highest BCUT2D eigenvalue weighted by Gasteiger charge is 2.28. The van der Waals surface area contributed by atoms with Gasteiger partial charge in [0.1, 0.15) is 11.0 Å². The molecule has 1 saturated heterocycles. The minimum Gasteiger partial charge on any atom is -0.370 e. The Balaban J connectivity index is 2.10. The van der Waals surface area contributed by atoms with Crippen molar-refractivity contribution in [3.05, 3.63) is 22.8 Å². The molecule has 0 aliphatic carbocycles. The first-order valence-electron chi connectivity index (χ1n) is 7.38. The van der Waals surface area contributed by atoms with Crippen molar-refractivity contribution < 1.29 is 4.79 Å². The number of carbonyl (C=O) groups is 1. The first-order valence-corrected chi connectivity index (χ1v) is 7.76. The fourth-order valence-corrected chi connectivity index (χ4v) is 2.70. The third kappa shape index (κ3) is 4.08. The van der Waals surface area contributed by atoms with Crippen LogP contribution in [0, 0.1) is 0 Å². The fourth-order valence-electron chi connectivity index (χ4n) is 2.49. The van der Waals surface area contributed by atoms with Crippen LogP contribution in [-0.2, 0) is 0 Å². The number of nitrogens with one attached hydrogen (secondary N) is 1. The van der Waals surface area contributed by atoms with Crippen molar-refractivity contribution in [1.29, 1.82) is 0 Å². The Morgan fingerprint density at radius 3 is 2.90 bits per heavy atom. The van der Waals surface area contributed by atoms with E-state index in [9.17, 15) is 4.79 Å². The van der Waals surface area contributed by atoms with Gasteiger partial charge in [-0.15, -0.1) is 0 Å². The predicted octanol–water partition coefficient (Wildman–Crippen LogP) is 2.33. The molecule has 0 spiro atoms. The van der Waals surface area contributed by atoms with Gasteiger partial charge in [-0.05, 0) is 39.1 Å². The topological polar surface area (TPSA) is 48.5 Å². The number of carbonyl (C=O) groups excluding carboxylic acids is 1. The fraction of sp³-hybridized carbons (Fsp3) is 0.600. The van der Waals surface area contributed by atoms with E-state index >= 15 is 0 Å². The molecule has 5 nitrogen and oxygen atoms in total. The number of likely N-dealkylation sites (N-methyl/N-ethyl adjacent to an activating group) is 1. The van der Waals surface area contributed by atoms with Crippen LogP contribution in [0.3, 0.4) is 0 Å². The van der Waals surface area contributed by atoms with Crippen molar-refractivity contribution >= 4 is 23.3 Å². The maximum Gasteiger partial charge on any atom is 0.254 e. The van der Waals surface area contributed by atoms with Crippen LogP contribution < -0.4 is 5.32 Å². The van der Waals surface area contributed by atoms with Gasteiger partial charge in [0, 0.05) is 31.2 Å². The number of halogens is 1. The van der Waals surface area contributed by atoms with Crippen molar-refractivity contribution in [1.82, 2.24) is 14.8 Å². The van der Waals surface area contributed by atoms with Crippen LogP contribution in [0.2, 0.25) is 5.15 Å². The zero-order chi connectivity index (χ0) is 15.4. The molecule has 1 fully saturated rings. The van der Waals surface area contributed by atoms with Crippen LogP contribution in [0.5, 0.6) is 0 Å². The van der Waals surface area contributed by atoms with E-state index in [1.54, 1.807) is 12.1 Å². The Kier molecular flexibility index (Phi) is 5.42. The normalized spacial score (nSPS) is 18.3. The molecule has 2 rings (SSSR count). The van der Waals surface area contributed by atoms with Gasteiger partial charge in [0.2, 0.25) is 0 Å². The van der Waals surface area contributed by atoms with Gasteiger partial charge in [0.15, 0.2) is 0 Å². The molecule has 0 aromatic carbocycles.